The number of nitrogens with zero attached hydrogens (tertiary/aromatic N) is 1. The molecular formula is C9H16N2O2. The van der Waals surface area contributed by atoms with Gasteiger partial charge in [-0.1, -0.05) is 13.8 Å². The molecule has 0 bridgehead atoms. The molecule has 0 radical (unpaired) electrons. The Hall–Kier alpha value is -1.06. The van der Waals surface area contributed by atoms with E-state index in [0.29, 0.717) is 13.1 Å². The van der Waals surface area contributed by atoms with Gasteiger partial charge < -0.3 is 10.2 Å². The summed E-state index contributed by atoms with van der Waals surface area (Å²) in [5.41, 5.74) is 0. The van der Waals surface area contributed by atoms with Crippen molar-refractivity contribution in [2.45, 2.75) is 26.8 Å². The van der Waals surface area contributed by atoms with Gasteiger partial charge in [-0.3, -0.25) is 9.59 Å². The summed E-state index contributed by atoms with van der Waals surface area (Å²) in [6.45, 7) is 6.66. The lowest BCUT2D eigenvalue weighted by atomic mass is 10.1. The third kappa shape index (κ3) is 1.99. The van der Waals surface area contributed by atoms with Crippen molar-refractivity contribution < 1.29 is 9.59 Å². The van der Waals surface area contributed by atoms with Crippen LogP contribution in [0.2, 0.25) is 0 Å². The quantitative estimate of drug-likeness (QED) is 0.623. The molecule has 0 aromatic rings. The van der Waals surface area contributed by atoms with E-state index in [4.69, 9.17) is 0 Å². The minimum Gasteiger partial charge on any atom is -0.353 e. The zero-order valence-corrected chi connectivity index (χ0v) is 8.33. The van der Waals surface area contributed by atoms with Crippen LogP contribution in [0.25, 0.3) is 0 Å². The number of hydrogen-bond donors (Lipinski definition) is 1. The fourth-order valence-corrected chi connectivity index (χ4v) is 1.42. The van der Waals surface area contributed by atoms with Crippen LogP contribution in [0, 0.1) is 5.92 Å². The summed E-state index contributed by atoms with van der Waals surface area (Å²) in [5.74, 6) is -0.0315. The van der Waals surface area contributed by atoms with Gasteiger partial charge in [0.05, 0.1) is 0 Å². The summed E-state index contributed by atoms with van der Waals surface area (Å²) >= 11 is 0. The molecule has 1 heterocycles. The van der Waals surface area contributed by atoms with Crippen LogP contribution in [0.5, 0.6) is 0 Å². The molecule has 4 heteroatoms. The molecule has 1 unspecified atom stereocenters. The summed E-state index contributed by atoms with van der Waals surface area (Å²) in [5, 5.41) is 2.72. The predicted molar refractivity (Wildman–Crippen MR) is 49.0 cm³/mol. The molecule has 0 spiro atoms. The minimum absolute atomic E-state index is 0.0339. The molecule has 74 valence electrons. The average molecular weight is 184 g/mol. The number of carbonyl (C=O) groups is 2. The molecule has 0 aromatic carbocycles. The highest BCUT2D eigenvalue weighted by Gasteiger charge is 2.29. The van der Waals surface area contributed by atoms with Crippen molar-refractivity contribution in [1.82, 2.24) is 10.2 Å². The van der Waals surface area contributed by atoms with Crippen LogP contribution < -0.4 is 5.32 Å². The first-order valence-electron chi connectivity index (χ1n) is 4.62. The molecular weight excluding hydrogens is 168 g/mol. The summed E-state index contributed by atoms with van der Waals surface area (Å²) < 4.78 is 0. The lowest BCUT2D eigenvalue weighted by Gasteiger charge is -2.33. The van der Waals surface area contributed by atoms with Crippen LogP contribution in [-0.2, 0) is 9.59 Å². The van der Waals surface area contributed by atoms with Crippen molar-refractivity contribution in [3.63, 3.8) is 0 Å². The van der Waals surface area contributed by atoms with Crippen molar-refractivity contribution in [3.05, 3.63) is 0 Å². The highest BCUT2D eigenvalue weighted by molar-refractivity contribution is 5.89. The summed E-state index contributed by atoms with van der Waals surface area (Å²) in [6.07, 6.45) is 0. The van der Waals surface area contributed by atoms with Crippen molar-refractivity contribution in [2.75, 3.05) is 13.1 Å². The first kappa shape index (κ1) is 10.0. The molecule has 0 saturated carbocycles. The molecule has 13 heavy (non-hydrogen) atoms. The van der Waals surface area contributed by atoms with Gasteiger partial charge in [0.2, 0.25) is 11.8 Å². The van der Waals surface area contributed by atoms with E-state index in [-0.39, 0.29) is 23.8 Å². The Morgan fingerprint density at radius 1 is 1.62 bits per heavy atom. The van der Waals surface area contributed by atoms with Gasteiger partial charge in [0, 0.05) is 19.0 Å². The van der Waals surface area contributed by atoms with E-state index in [1.165, 1.54) is 0 Å². The van der Waals surface area contributed by atoms with Crippen molar-refractivity contribution in [3.8, 4) is 0 Å². The number of carbonyl (C=O) groups excluding carboxylic acids is 2. The molecule has 0 aromatic heterocycles. The highest BCUT2D eigenvalue weighted by Crippen LogP contribution is 2.08. The number of piperazine rings is 1. The van der Waals surface area contributed by atoms with Crippen LogP contribution in [0.1, 0.15) is 20.8 Å². The number of amides is 2. The van der Waals surface area contributed by atoms with Gasteiger partial charge in [-0.2, -0.15) is 0 Å². The van der Waals surface area contributed by atoms with Gasteiger partial charge >= 0.3 is 0 Å². The van der Waals surface area contributed by atoms with E-state index < -0.39 is 0 Å². The highest BCUT2D eigenvalue weighted by atomic mass is 16.2. The largest absolute Gasteiger partial charge is 0.353 e. The average Bonchev–Trinajstić information content (AvgIpc) is 2.08. The van der Waals surface area contributed by atoms with Gasteiger partial charge in [0.15, 0.2) is 0 Å². The standard InChI is InChI=1S/C9H16N2O2/c1-6(2)9(13)11-5-4-10-8(12)7(11)3/h6-7H,4-5H2,1-3H3,(H,10,12). The third-order valence-electron chi connectivity index (χ3n) is 2.28. The van der Waals surface area contributed by atoms with Crippen molar-refractivity contribution >= 4 is 11.8 Å². The monoisotopic (exact) mass is 184 g/mol. The van der Waals surface area contributed by atoms with E-state index in [1.807, 2.05) is 13.8 Å². The van der Waals surface area contributed by atoms with E-state index in [9.17, 15) is 9.59 Å². The fourth-order valence-electron chi connectivity index (χ4n) is 1.42. The van der Waals surface area contributed by atoms with Gasteiger partial charge in [-0.05, 0) is 6.92 Å². The summed E-state index contributed by atoms with van der Waals surface area (Å²) in [6, 6.07) is -0.316. The second-order valence-electron chi connectivity index (χ2n) is 3.65. The maximum absolute atomic E-state index is 11.6. The molecule has 4 nitrogen and oxygen atoms in total. The summed E-state index contributed by atoms with van der Waals surface area (Å²) in [4.78, 5) is 24.5. The zero-order valence-electron chi connectivity index (χ0n) is 8.33. The van der Waals surface area contributed by atoms with Gasteiger partial charge in [0.25, 0.3) is 0 Å². The number of hydrogen-bond acceptors (Lipinski definition) is 2. The molecule has 1 atom stereocenters. The van der Waals surface area contributed by atoms with Crippen LogP contribution in [0.3, 0.4) is 0 Å². The third-order valence-corrected chi connectivity index (χ3v) is 2.28. The molecule has 1 N–H and O–H groups in total. The van der Waals surface area contributed by atoms with Crippen LogP contribution in [-0.4, -0.2) is 35.8 Å². The van der Waals surface area contributed by atoms with Crippen LogP contribution in [0.15, 0.2) is 0 Å². The number of rotatable bonds is 1. The maximum atomic E-state index is 11.6. The molecule has 1 saturated heterocycles. The molecule has 1 aliphatic heterocycles. The SMILES string of the molecule is CC(C)C(=O)N1CCNC(=O)C1C. The Balaban J connectivity index is 2.68. The minimum atomic E-state index is -0.316. The summed E-state index contributed by atoms with van der Waals surface area (Å²) in [7, 11) is 0. The second-order valence-corrected chi connectivity index (χ2v) is 3.65. The second kappa shape index (κ2) is 3.77. The molecule has 1 aliphatic rings. The van der Waals surface area contributed by atoms with Crippen LogP contribution in [0.4, 0.5) is 0 Å². The van der Waals surface area contributed by atoms with Crippen molar-refractivity contribution in [1.29, 1.82) is 0 Å². The lowest BCUT2D eigenvalue weighted by molar-refractivity contribution is -0.144. The Morgan fingerprint density at radius 2 is 2.23 bits per heavy atom. The lowest BCUT2D eigenvalue weighted by Crippen LogP contribution is -2.56. The van der Waals surface area contributed by atoms with E-state index >= 15 is 0 Å². The van der Waals surface area contributed by atoms with E-state index in [2.05, 4.69) is 5.32 Å². The Morgan fingerprint density at radius 3 is 2.77 bits per heavy atom. The normalized spacial score (nSPS) is 23.2. The van der Waals surface area contributed by atoms with E-state index in [1.54, 1.807) is 11.8 Å². The van der Waals surface area contributed by atoms with E-state index in [0.717, 1.165) is 0 Å². The topological polar surface area (TPSA) is 49.4 Å². The smallest absolute Gasteiger partial charge is 0.242 e. The molecule has 1 rings (SSSR count). The molecule has 1 fully saturated rings. The van der Waals surface area contributed by atoms with Crippen molar-refractivity contribution in [2.24, 2.45) is 5.92 Å². The fraction of sp³-hybridized carbons (Fsp3) is 0.778. The number of nitrogens with one attached hydrogen (secondary N) is 1. The van der Waals surface area contributed by atoms with Gasteiger partial charge in [-0.25, -0.2) is 0 Å². The van der Waals surface area contributed by atoms with Gasteiger partial charge in [0.1, 0.15) is 6.04 Å². The predicted octanol–water partition coefficient (Wildman–Crippen LogP) is -0.0107. The van der Waals surface area contributed by atoms with Gasteiger partial charge in [-0.15, -0.1) is 0 Å². The van der Waals surface area contributed by atoms with Crippen LogP contribution >= 0.6 is 0 Å². The first-order valence-corrected chi connectivity index (χ1v) is 4.62. The Kier molecular flexibility index (Phi) is 2.90. The maximum Gasteiger partial charge on any atom is 0.242 e. The zero-order chi connectivity index (χ0) is 10.0. The first-order chi connectivity index (χ1) is 6.04. The molecule has 0 aliphatic carbocycles. The Bertz CT molecular complexity index is 226. The molecule has 2 amide bonds. The Labute approximate surface area is 78.3 Å².